The van der Waals surface area contributed by atoms with E-state index in [1.165, 1.54) is 6.07 Å². The third kappa shape index (κ3) is 3.29. The van der Waals surface area contributed by atoms with Crippen LogP contribution in [0.5, 0.6) is 0 Å². The third-order valence-electron chi connectivity index (χ3n) is 4.25. The molecule has 1 aliphatic heterocycles. The highest BCUT2D eigenvalue weighted by Crippen LogP contribution is 2.26. The second-order valence-electron chi connectivity index (χ2n) is 5.94. The molecule has 126 valence electrons. The first-order chi connectivity index (χ1) is 11.6. The average molecular weight is 328 g/mol. The van der Waals surface area contributed by atoms with Crippen LogP contribution in [0.2, 0.25) is 0 Å². The van der Waals surface area contributed by atoms with Gasteiger partial charge in [0.25, 0.3) is 5.91 Å². The molecule has 1 saturated heterocycles. The Hall–Kier alpha value is -2.70. The number of carbonyl (C=O) groups excluding carboxylic acids is 2. The van der Waals surface area contributed by atoms with Crippen molar-refractivity contribution in [3.05, 3.63) is 47.1 Å². The van der Waals surface area contributed by atoms with E-state index < -0.39 is 5.91 Å². The van der Waals surface area contributed by atoms with Crippen molar-refractivity contribution in [1.29, 1.82) is 0 Å². The number of aromatic nitrogens is 2. The van der Waals surface area contributed by atoms with E-state index in [2.05, 4.69) is 10.1 Å². The molecular weight excluding hydrogens is 308 g/mol. The van der Waals surface area contributed by atoms with Crippen LogP contribution in [0.4, 0.5) is 0 Å². The number of primary amides is 1. The Bertz CT molecular complexity index is 756. The molecule has 0 unspecified atom stereocenters. The zero-order valence-corrected chi connectivity index (χ0v) is 13.6. The van der Waals surface area contributed by atoms with Crippen molar-refractivity contribution in [1.82, 2.24) is 15.0 Å². The van der Waals surface area contributed by atoms with E-state index in [4.69, 9.17) is 10.3 Å². The number of aryl methyl sites for hydroxylation is 1. The van der Waals surface area contributed by atoms with Crippen molar-refractivity contribution >= 4 is 11.8 Å². The summed E-state index contributed by atoms with van der Waals surface area (Å²) < 4.78 is 5.17. The van der Waals surface area contributed by atoms with Crippen LogP contribution in [0.1, 0.15) is 58.1 Å². The number of likely N-dealkylation sites (tertiary alicyclic amines) is 1. The number of nitrogens with zero attached hydrogens (tertiary/aromatic N) is 3. The largest absolute Gasteiger partial charge is 0.366 e. The maximum absolute atomic E-state index is 12.7. The molecule has 0 saturated carbocycles. The summed E-state index contributed by atoms with van der Waals surface area (Å²) in [6, 6.07) is 6.50. The Morgan fingerprint density at radius 1 is 1.38 bits per heavy atom. The summed E-state index contributed by atoms with van der Waals surface area (Å²) in [5.74, 6) is 0.700. The molecule has 3 rings (SSSR count). The molecule has 1 aromatic carbocycles. The lowest BCUT2D eigenvalue weighted by Crippen LogP contribution is -2.39. The molecule has 7 heteroatoms. The molecule has 0 radical (unpaired) electrons. The number of hydrogen-bond donors (Lipinski definition) is 1. The number of rotatable bonds is 4. The Morgan fingerprint density at radius 2 is 2.17 bits per heavy atom. The summed E-state index contributed by atoms with van der Waals surface area (Å²) >= 11 is 0. The summed E-state index contributed by atoms with van der Waals surface area (Å²) in [4.78, 5) is 30.2. The van der Waals surface area contributed by atoms with E-state index in [1.54, 1.807) is 23.1 Å². The lowest BCUT2D eigenvalue weighted by Gasteiger charge is -2.31. The molecule has 7 nitrogen and oxygen atoms in total. The van der Waals surface area contributed by atoms with Crippen LogP contribution in [0, 0.1) is 0 Å². The molecule has 1 atom stereocenters. The number of piperidine rings is 1. The second-order valence-corrected chi connectivity index (χ2v) is 5.94. The smallest absolute Gasteiger partial charge is 0.253 e. The Kier molecular flexibility index (Phi) is 4.59. The van der Waals surface area contributed by atoms with Gasteiger partial charge in [0.1, 0.15) is 0 Å². The van der Waals surface area contributed by atoms with Gasteiger partial charge in [-0.05, 0) is 31.0 Å². The van der Waals surface area contributed by atoms with E-state index in [1.807, 2.05) is 6.92 Å². The van der Waals surface area contributed by atoms with Gasteiger partial charge in [0.05, 0.1) is 0 Å². The molecular formula is C17H20N4O3. The quantitative estimate of drug-likeness (QED) is 0.921. The predicted octanol–water partition coefficient (Wildman–Crippen LogP) is 1.75. The normalized spacial score (nSPS) is 17.7. The standard InChI is InChI=1S/C17H20N4O3/c1-2-14-19-16(20-24-14)13-7-4-8-21(10-13)17(23)12-6-3-5-11(9-12)15(18)22/h3,5-6,9,13H,2,4,7-8,10H2,1H3,(H2,18,22)/t13-/m0/s1. The maximum Gasteiger partial charge on any atom is 0.253 e. The minimum atomic E-state index is -0.542. The van der Waals surface area contributed by atoms with Gasteiger partial charge in [-0.15, -0.1) is 0 Å². The number of nitrogens with two attached hydrogens (primary N) is 1. The van der Waals surface area contributed by atoms with Gasteiger partial charge in [0.15, 0.2) is 5.82 Å². The number of amides is 2. The first-order valence-electron chi connectivity index (χ1n) is 8.10. The molecule has 2 aromatic rings. The van der Waals surface area contributed by atoms with Crippen LogP contribution in [0.3, 0.4) is 0 Å². The Morgan fingerprint density at radius 3 is 2.88 bits per heavy atom. The van der Waals surface area contributed by atoms with Crippen molar-refractivity contribution in [2.24, 2.45) is 5.73 Å². The van der Waals surface area contributed by atoms with E-state index in [-0.39, 0.29) is 11.8 Å². The van der Waals surface area contributed by atoms with Gasteiger partial charge in [-0.2, -0.15) is 4.98 Å². The zero-order chi connectivity index (χ0) is 17.1. The van der Waals surface area contributed by atoms with Crippen LogP contribution in [-0.4, -0.2) is 39.9 Å². The minimum Gasteiger partial charge on any atom is -0.366 e. The SMILES string of the molecule is CCc1nc([C@H]2CCCN(C(=O)c3cccc(C(N)=O)c3)C2)no1. The highest BCUT2D eigenvalue weighted by atomic mass is 16.5. The molecule has 0 bridgehead atoms. The molecule has 2 heterocycles. The Balaban J connectivity index is 1.75. The maximum atomic E-state index is 12.7. The summed E-state index contributed by atoms with van der Waals surface area (Å²) in [5, 5.41) is 4.03. The van der Waals surface area contributed by atoms with Crippen LogP contribution < -0.4 is 5.73 Å². The van der Waals surface area contributed by atoms with Crippen molar-refractivity contribution < 1.29 is 14.1 Å². The van der Waals surface area contributed by atoms with Gasteiger partial charge in [0, 0.05) is 36.6 Å². The summed E-state index contributed by atoms with van der Waals surface area (Å²) in [6.07, 6.45) is 2.50. The van der Waals surface area contributed by atoms with Crippen molar-refractivity contribution in [2.45, 2.75) is 32.1 Å². The summed E-state index contributed by atoms with van der Waals surface area (Å²) in [5.41, 5.74) is 6.08. The molecule has 1 aromatic heterocycles. The van der Waals surface area contributed by atoms with Crippen LogP contribution >= 0.6 is 0 Å². The number of carbonyl (C=O) groups is 2. The number of hydrogen-bond acceptors (Lipinski definition) is 5. The molecule has 0 aliphatic carbocycles. The molecule has 1 aliphatic rings. The average Bonchev–Trinajstić information content (AvgIpc) is 3.10. The zero-order valence-electron chi connectivity index (χ0n) is 13.6. The highest BCUT2D eigenvalue weighted by molar-refractivity contribution is 5.99. The van der Waals surface area contributed by atoms with E-state index in [0.29, 0.717) is 42.4 Å². The second kappa shape index (κ2) is 6.82. The van der Waals surface area contributed by atoms with Crippen molar-refractivity contribution in [3.63, 3.8) is 0 Å². The first-order valence-corrected chi connectivity index (χ1v) is 8.10. The minimum absolute atomic E-state index is 0.0751. The fourth-order valence-electron chi connectivity index (χ4n) is 2.94. The summed E-state index contributed by atoms with van der Waals surface area (Å²) in [6.45, 7) is 3.18. The van der Waals surface area contributed by atoms with Gasteiger partial charge >= 0.3 is 0 Å². The molecule has 1 fully saturated rings. The molecule has 2 amide bonds. The lowest BCUT2D eigenvalue weighted by atomic mass is 9.96. The topological polar surface area (TPSA) is 102 Å². The third-order valence-corrected chi connectivity index (χ3v) is 4.25. The van der Waals surface area contributed by atoms with Gasteiger partial charge in [-0.25, -0.2) is 0 Å². The van der Waals surface area contributed by atoms with Crippen LogP contribution in [0.25, 0.3) is 0 Å². The lowest BCUT2D eigenvalue weighted by molar-refractivity contribution is 0.0703. The van der Waals surface area contributed by atoms with E-state index >= 15 is 0 Å². The molecule has 24 heavy (non-hydrogen) atoms. The van der Waals surface area contributed by atoms with Crippen LogP contribution in [0.15, 0.2) is 28.8 Å². The Labute approximate surface area is 139 Å². The predicted molar refractivity (Wildman–Crippen MR) is 86.5 cm³/mol. The van der Waals surface area contributed by atoms with Gasteiger partial charge in [-0.3, -0.25) is 9.59 Å². The van der Waals surface area contributed by atoms with Crippen molar-refractivity contribution in [3.8, 4) is 0 Å². The monoisotopic (exact) mass is 328 g/mol. The van der Waals surface area contributed by atoms with Crippen LogP contribution in [-0.2, 0) is 6.42 Å². The summed E-state index contributed by atoms with van der Waals surface area (Å²) in [7, 11) is 0. The van der Waals surface area contributed by atoms with E-state index in [9.17, 15) is 9.59 Å². The van der Waals surface area contributed by atoms with E-state index in [0.717, 1.165) is 12.8 Å². The fraction of sp³-hybridized carbons (Fsp3) is 0.412. The highest BCUT2D eigenvalue weighted by Gasteiger charge is 2.28. The molecule has 0 spiro atoms. The fourth-order valence-corrected chi connectivity index (χ4v) is 2.94. The van der Waals surface area contributed by atoms with Gasteiger partial charge in [-0.1, -0.05) is 18.1 Å². The van der Waals surface area contributed by atoms with Gasteiger partial charge < -0.3 is 15.2 Å². The number of benzene rings is 1. The first kappa shape index (κ1) is 16.2. The van der Waals surface area contributed by atoms with Crippen molar-refractivity contribution in [2.75, 3.05) is 13.1 Å². The van der Waals surface area contributed by atoms with Gasteiger partial charge in [0.2, 0.25) is 11.8 Å². The molecule has 2 N–H and O–H groups in total.